The second kappa shape index (κ2) is 8.30. The van der Waals surface area contributed by atoms with Crippen LogP contribution in [0.4, 0.5) is 4.79 Å². The number of carbonyl (C=O) groups excluding carboxylic acids is 1. The van der Waals surface area contributed by atoms with Crippen LogP contribution in [0, 0.1) is 5.92 Å². The van der Waals surface area contributed by atoms with Gasteiger partial charge in [-0.25, -0.2) is 4.79 Å². The SMILES string of the molecule is COc1ccc(CNC(=O)NCCC(C)C)cc1OC. The van der Waals surface area contributed by atoms with E-state index >= 15 is 0 Å². The van der Waals surface area contributed by atoms with Gasteiger partial charge in [0.05, 0.1) is 14.2 Å². The molecule has 2 amide bonds. The largest absolute Gasteiger partial charge is 0.493 e. The molecule has 0 aromatic heterocycles. The molecule has 0 heterocycles. The fraction of sp³-hybridized carbons (Fsp3) is 0.533. The van der Waals surface area contributed by atoms with Gasteiger partial charge in [-0.15, -0.1) is 0 Å². The second-order valence-corrected chi connectivity index (χ2v) is 4.98. The zero-order chi connectivity index (χ0) is 15.0. The summed E-state index contributed by atoms with van der Waals surface area (Å²) in [6, 6.07) is 5.43. The monoisotopic (exact) mass is 280 g/mol. The average molecular weight is 280 g/mol. The van der Waals surface area contributed by atoms with E-state index in [9.17, 15) is 4.79 Å². The molecular weight excluding hydrogens is 256 g/mol. The van der Waals surface area contributed by atoms with Crippen molar-refractivity contribution in [2.75, 3.05) is 20.8 Å². The average Bonchev–Trinajstić information content (AvgIpc) is 2.44. The molecular formula is C15H24N2O3. The summed E-state index contributed by atoms with van der Waals surface area (Å²) in [4.78, 5) is 11.6. The highest BCUT2D eigenvalue weighted by molar-refractivity contribution is 5.73. The Morgan fingerprint density at radius 1 is 1.15 bits per heavy atom. The zero-order valence-electron chi connectivity index (χ0n) is 12.7. The Bertz CT molecular complexity index is 433. The fourth-order valence-electron chi connectivity index (χ4n) is 1.71. The molecule has 0 saturated heterocycles. The lowest BCUT2D eigenvalue weighted by molar-refractivity contribution is 0.240. The second-order valence-electron chi connectivity index (χ2n) is 4.98. The van der Waals surface area contributed by atoms with Crippen molar-refractivity contribution in [3.8, 4) is 11.5 Å². The van der Waals surface area contributed by atoms with Crippen molar-refractivity contribution >= 4 is 6.03 Å². The van der Waals surface area contributed by atoms with Gasteiger partial charge in [0.1, 0.15) is 0 Å². The van der Waals surface area contributed by atoms with Crippen LogP contribution in [0.1, 0.15) is 25.8 Å². The normalized spacial score (nSPS) is 10.2. The van der Waals surface area contributed by atoms with E-state index in [1.54, 1.807) is 14.2 Å². The molecule has 1 aromatic carbocycles. The van der Waals surface area contributed by atoms with Crippen LogP contribution in [0.25, 0.3) is 0 Å². The van der Waals surface area contributed by atoms with Crippen LogP contribution in [0.2, 0.25) is 0 Å². The third kappa shape index (κ3) is 5.38. The summed E-state index contributed by atoms with van der Waals surface area (Å²) in [5.41, 5.74) is 0.960. The Kier molecular flexibility index (Phi) is 6.70. The van der Waals surface area contributed by atoms with E-state index in [-0.39, 0.29) is 6.03 Å². The van der Waals surface area contributed by atoms with Gasteiger partial charge in [0.2, 0.25) is 0 Å². The van der Waals surface area contributed by atoms with E-state index < -0.39 is 0 Å². The molecule has 5 heteroatoms. The minimum absolute atomic E-state index is 0.152. The van der Waals surface area contributed by atoms with Crippen molar-refractivity contribution in [3.63, 3.8) is 0 Å². The summed E-state index contributed by atoms with van der Waals surface area (Å²) in [6.07, 6.45) is 0.976. The van der Waals surface area contributed by atoms with Crippen LogP contribution in [-0.2, 0) is 6.54 Å². The lowest BCUT2D eigenvalue weighted by Gasteiger charge is -2.11. The molecule has 112 valence electrons. The third-order valence-corrected chi connectivity index (χ3v) is 2.91. The van der Waals surface area contributed by atoms with Gasteiger partial charge in [-0.2, -0.15) is 0 Å². The lowest BCUT2D eigenvalue weighted by Crippen LogP contribution is -2.35. The highest BCUT2D eigenvalue weighted by Crippen LogP contribution is 2.27. The van der Waals surface area contributed by atoms with Crippen molar-refractivity contribution in [1.29, 1.82) is 0 Å². The number of amides is 2. The fourth-order valence-corrected chi connectivity index (χ4v) is 1.71. The van der Waals surface area contributed by atoms with E-state index in [2.05, 4.69) is 24.5 Å². The standard InChI is InChI=1S/C15H24N2O3/c1-11(2)7-8-16-15(18)17-10-12-5-6-13(19-3)14(9-12)20-4/h5-6,9,11H,7-8,10H2,1-4H3,(H2,16,17,18). The van der Waals surface area contributed by atoms with Crippen LogP contribution in [0.5, 0.6) is 11.5 Å². The number of nitrogens with one attached hydrogen (secondary N) is 2. The molecule has 0 aliphatic rings. The Balaban J connectivity index is 2.43. The van der Waals surface area contributed by atoms with Gasteiger partial charge in [0.25, 0.3) is 0 Å². The predicted octanol–water partition coefficient (Wildman–Crippen LogP) is 2.55. The van der Waals surface area contributed by atoms with E-state index in [4.69, 9.17) is 9.47 Å². The topological polar surface area (TPSA) is 59.6 Å². The van der Waals surface area contributed by atoms with Gasteiger partial charge in [0, 0.05) is 13.1 Å². The third-order valence-electron chi connectivity index (χ3n) is 2.91. The van der Waals surface area contributed by atoms with E-state index in [0.717, 1.165) is 12.0 Å². The Hall–Kier alpha value is -1.91. The minimum atomic E-state index is -0.152. The smallest absolute Gasteiger partial charge is 0.315 e. The maximum Gasteiger partial charge on any atom is 0.315 e. The zero-order valence-corrected chi connectivity index (χ0v) is 12.7. The molecule has 1 rings (SSSR count). The highest BCUT2D eigenvalue weighted by atomic mass is 16.5. The first-order chi connectivity index (χ1) is 9.56. The molecule has 0 unspecified atom stereocenters. The molecule has 5 nitrogen and oxygen atoms in total. The summed E-state index contributed by atoms with van der Waals surface area (Å²) >= 11 is 0. The van der Waals surface area contributed by atoms with Crippen molar-refractivity contribution in [2.24, 2.45) is 5.92 Å². The first-order valence-electron chi connectivity index (χ1n) is 6.79. The minimum Gasteiger partial charge on any atom is -0.493 e. The number of rotatable bonds is 7. The molecule has 0 saturated carbocycles. The van der Waals surface area contributed by atoms with Gasteiger partial charge in [0.15, 0.2) is 11.5 Å². The quantitative estimate of drug-likeness (QED) is 0.807. The first kappa shape index (κ1) is 16.1. The first-order valence-corrected chi connectivity index (χ1v) is 6.79. The van der Waals surface area contributed by atoms with Gasteiger partial charge < -0.3 is 20.1 Å². The van der Waals surface area contributed by atoms with Crippen LogP contribution in [0.3, 0.4) is 0 Å². The summed E-state index contributed by atoms with van der Waals surface area (Å²) in [6.45, 7) is 5.40. The Labute approximate surface area is 120 Å². The molecule has 0 spiro atoms. The van der Waals surface area contributed by atoms with Crippen LogP contribution in [-0.4, -0.2) is 26.8 Å². The molecule has 0 aliphatic heterocycles. The van der Waals surface area contributed by atoms with Crippen LogP contribution in [0.15, 0.2) is 18.2 Å². The van der Waals surface area contributed by atoms with Crippen molar-refractivity contribution in [1.82, 2.24) is 10.6 Å². The molecule has 2 N–H and O–H groups in total. The summed E-state index contributed by atoms with van der Waals surface area (Å²) in [7, 11) is 3.19. The maximum atomic E-state index is 11.6. The number of ether oxygens (including phenoxy) is 2. The number of urea groups is 1. The van der Waals surface area contributed by atoms with Crippen molar-refractivity contribution in [2.45, 2.75) is 26.8 Å². The molecule has 0 atom stereocenters. The van der Waals surface area contributed by atoms with Gasteiger partial charge in [-0.3, -0.25) is 0 Å². The van der Waals surface area contributed by atoms with Gasteiger partial charge >= 0.3 is 6.03 Å². The molecule has 1 aromatic rings. The van der Waals surface area contributed by atoms with Gasteiger partial charge in [-0.1, -0.05) is 19.9 Å². The number of hydrogen-bond acceptors (Lipinski definition) is 3. The highest BCUT2D eigenvalue weighted by Gasteiger charge is 2.06. The maximum absolute atomic E-state index is 11.6. The van der Waals surface area contributed by atoms with Crippen LogP contribution >= 0.6 is 0 Å². The van der Waals surface area contributed by atoms with E-state index in [1.807, 2.05) is 18.2 Å². The predicted molar refractivity (Wildman–Crippen MR) is 79.2 cm³/mol. The number of methoxy groups -OCH3 is 2. The summed E-state index contributed by atoms with van der Waals surface area (Å²) < 4.78 is 10.4. The number of benzene rings is 1. The molecule has 0 radical (unpaired) electrons. The summed E-state index contributed by atoms with van der Waals surface area (Å²) in [5, 5.41) is 5.64. The Morgan fingerprint density at radius 3 is 2.45 bits per heavy atom. The van der Waals surface area contributed by atoms with Crippen molar-refractivity contribution in [3.05, 3.63) is 23.8 Å². The number of carbonyl (C=O) groups is 1. The molecule has 0 bridgehead atoms. The lowest BCUT2D eigenvalue weighted by atomic mass is 10.1. The van der Waals surface area contributed by atoms with E-state index in [1.165, 1.54) is 0 Å². The van der Waals surface area contributed by atoms with Gasteiger partial charge in [-0.05, 0) is 30.0 Å². The van der Waals surface area contributed by atoms with Crippen molar-refractivity contribution < 1.29 is 14.3 Å². The Morgan fingerprint density at radius 2 is 1.85 bits per heavy atom. The number of hydrogen-bond donors (Lipinski definition) is 2. The summed E-state index contributed by atoms with van der Waals surface area (Å²) in [5.74, 6) is 1.92. The molecule has 20 heavy (non-hydrogen) atoms. The van der Waals surface area contributed by atoms with Crippen LogP contribution < -0.4 is 20.1 Å². The molecule has 0 aliphatic carbocycles. The van der Waals surface area contributed by atoms with E-state index in [0.29, 0.717) is 30.5 Å². The molecule has 0 fully saturated rings.